The van der Waals surface area contributed by atoms with Crippen LogP contribution in [0.5, 0.6) is 5.75 Å². The number of rotatable bonds is 7. The maximum Gasteiger partial charge on any atom is 0.240 e. The topological polar surface area (TPSA) is 81.4 Å². The first-order chi connectivity index (χ1) is 11.9. The molecule has 0 aliphatic heterocycles. The Bertz CT molecular complexity index is 760. The number of nitrogens with two attached hydrogens (primary N) is 1. The van der Waals surface area contributed by atoms with Crippen molar-refractivity contribution in [3.8, 4) is 5.75 Å². The van der Waals surface area contributed by atoms with E-state index in [1.54, 1.807) is 24.3 Å². The van der Waals surface area contributed by atoms with Gasteiger partial charge in [0.15, 0.2) is 0 Å². The van der Waals surface area contributed by atoms with E-state index in [1.807, 2.05) is 0 Å². The molecule has 0 aromatic heterocycles. The van der Waals surface area contributed by atoms with Crippen LogP contribution in [0, 0.1) is 11.6 Å². The molecule has 0 spiro atoms. The minimum Gasteiger partial charge on any atom is -0.496 e. The summed E-state index contributed by atoms with van der Waals surface area (Å²) in [4.78, 5) is 23.7. The lowest BCUT2D eigenvalue weighted by Crippen LogP contribution is -2.46. The summed E-state index contributed by atoms with van der Waals surface area (Å²) in [6.07, 6.45) is -0.431. The molecule has 1 atom stereocenters. The second kappa shape index (κ2) is 8.23. The van der Waals surface area contributed by atoms with Gasteiger partial charge in [0.1, 0.15) is 23.4 Å². The Kier molecular flexibility index (Phi) is 6.05. The van der Waals surface area contributed by atoms with Crippen LogP contribution < -0.4 is 15.8 Å². The van der Waals surface area contributed by atoms with Gasteiger partial charge in [-0.2, -0.15) is 0 Å². The van der Waals surface area contributed by atoms with Crippen LogP contribution in [-0.2, 0) is 22.4 Å². The van der Waals surface area contributed by atoms with Gasteiger partial charge in [0.25, 0.3) is 0 Å². The van der Waals surface area contributed by atoms with Gasteiger partial charge >= 0.3 is 0 Å². The zero-order chi connectivity index (χ0) is 18.4. The van der Waals surface area contributed by atoms with Gasteiger partial charge < -0.3 is 15.8 Å². The average Bonchev–Trinajstić information content (AvgIpc) is 2.58. The maximum atomic E-state index is 13.6. The molecule has 0 bridgehead atoms. The van der Waals surface area contributed by atoms with Crippen LogP contribution in [0.1, 0.15) is 11.1 Å². The van der Waals surface area contributed by atoms with E-state index >= 15 is 0 Å². The van der Waals surface area contributed by atoms with Gasteiger partial charge in [-0.15, -0.1) is 0 Å². The molecule has 0 aliphatic carbocycles. The van der Waals surface area contributed by atoms with Gasteiger partial charge in [0, 0.05) is 12.0 Å². The van der Waals surface area contributed by atoms with E-state index in [0.29, 0.717) is 11.3 Å². The Morgan fingerprint density at radius 3 is 2.36 bits per heavy atom. The molecule has 0 saturated carbocycles. The van der Waals surface area contributed by atoms with Crippen molar-refractivity contribution in [3.63, 3.8) is 0 Å². The molecule has 0 heterocycles. The van der Waals surface area contributed by atoms with Crippen LogP contribution >= 0.6 is 0 Å². The summed E-state index contributed by atoms with van der Waals surface area (Å²) in [7, 11) is 1.48. The molecule has 0 aliphatic rings. The highest BCUT2D eigenvalue weighted by atomic mass is 19.1. The zero-order valence-electron chi connectivity index (χ0n) is 13.6. The number of nitrogens with one attached hydrogen (secondary N) is 1. The minimum absolute atomic E-state index is 0.102. The van der Waals surface area contributed by atoms with Gasteiger partial charge in [0.2, 0.25) is 11.8 Å². The fraction of sp³-hybridized carbons (Fsp3) is 0.222. The minimum atomic E-state index is -1.03. The van der Waals surface area contributed by atoms with Gasteiger partial charge in [-0.25, -0.2) is 8.78 Å². The average molecular weight is 348 g/mol. The van der Waals surface area contributed by atoms with Crippen LogP contribution in [0.3, 0.4) is 0 Å². The molecule has 0 saturated heterocycles. The summed E-state index contributed by atoms with van der Waals surface area (Å²) in [5.41, 5.74) is 5.65. The molecule has 2 aromatic carbocycles. The number of para-hydroxylation sites is 1. The summed E-state index contributed by atoms with van der Waals surface area (Å²) in [6, 6.07) is 9.27. The molecule has 7 heteroatoms. The lowest BCUT2D eigenvalue weighted by atomic mass is 10.0. The summed E-state index contributed by atoms with van der Waals surface area (Å²) < 4.78 is 32.4. The first kappa shape index (κ1) is 18.4. The number of halogens is 2. The number of benzene rings is 2. The quantitative estimate of drug-likeness (QED) is 0.800. The van der Waals surface area contributed by atoms with Crippen molar-refractivity contribution < 1.29 is 23.1 Å². The van der Waals surface area contributed by atoms with Crippen LogP contribution in [0.2, 0.25) is 0 Å². The van der Waals surface area contributed by atoms with Crippen LogP contribution in [0.15, 0.2) is 42.5 Å². The first-order valence-corrected chi connectivity index (χ1v) is 7.55. The predicted octanol–water partition coefficient (Wildman–Crippen LogP) is 1.73. The van der Waals surface area contributed by atoms with Crippen molar-refractivity contribution in [2.24, 2.45) is 5.73 Å². The van der Waals surface area contributed by atoms with Crippen LogP contribution in [-0.4, -0.2) is 25.0 Å². The highest BCUT2D eigenvalue weighted by Gasteiger charge is 2.22. The molecule has 132 valence electrons. The summed E-state index contributed by atoms with van der Waals surface area (Å²) in [6.45, 7) is 0. The third kappa shape index (κ3) is 4.76. The Morgan fingerprint density at radius 2 is 1.76 bits per heavy atom. The van der Waals surface area contributed by atoms with Crippen molar-refractivity contribution in [1.82, 2.24) is 5.32 Å². The molecule has 5 nitrogen and oxygen atoms in total. The fourth-order valence-corrected chi connectivity index (χ4v) is 2.42. The highest BCUT2D eigenvalue weighted by Crippen LogP contribution is 2.19. The van der Waals surface area contributed by atoms with Crippen LogP contribution in [0.4, 0.5) is 8.78 Å². The van der Waals surface area contributed by atoms with Crippen molar-refractivity contribution in [1.29, 1.82) is 0 Å². The number of carbonyl (C=O) groups is 2. The van der Waals surface area contributed by atoms with Crippen LogP contribution in [0.25, 0.3) is 0 Å². The molecule has 2 aromatic rings. The van der Waals surface area contributed by atoms with Crippen molar-refractivity contribution in [2.75, 3.05) is 7.11 Å². The number of carbonyl (C=O) groups excluding carboxylic acids is 2. The number of primary amides is 1. The SMILES string of the molecule is COc1ccccc1C[C@@H](NC(=O)Cc1c(F)cccc1F)C(N)=O. The third-order valence-electron chi connectivity index (χ3n) is 3.69. The fourth-order valence-electron chi connectivity index (χ4n) is 2.42. The Labute approximate surface area is 143 Å². The van der Waals surface area contributed by atoms with E-state index < -0.39 is 35.9 Å². The molecule has 2 rings (SSSR count). The molecule has 0 radical (unpaired) electrons. The van der Waals surface area contributed by atoms with E-state index in [0.717, 1.165) is 12.1 Å². The number of amides is 2. The number of hydrogen-bond donors (Lipinski definition) is 2. The van der Waals surface area contributed by atoms with E-state index in [2.05, 4.69) is 5.32 Å². The molecule has 2 amide bonds. The Balaban J connectivity index is 2.11. The molecular formula is C18H18F2N2O3. The van der Waals surface area contributed by atoms with Gasteiger partial charge in [0.05, 0.1) is 13.5 Å². The highest BCUT2D eigenvalue weighted by molar-refractivity contribution is 5.87. The van der Waals surface area contributed by atoms with Crippen molar-refractivity contribution in [3.05, 3.63) is 65.2 Å². The molecule has 25 heavy (non-hydrogen) atoms. The number of ether oxygens (including phenoxy) is 1. The van der Waals surface area contributed by atoms with E-state index in [9.17, 15) is 18.4 Å². The summed E-state index contributed by atoms with van der Waals surface area (Å²) in [5.74, 6) is -2.56. The van der Waals surface area contributed by atoms with E-state index in [-0.39, 0.29) is 12.0 Å². The molecule has 3 N–H and O–H groups in total. The zero-order valence-corrected chi connectivity index (χ0v) is 13.6. The molecule has 0 fully saturated rings. The van der Waals surface area contributed by atoms with Crippen molar-refractivity contribution in [2.45, 2.75) is 18.9 Å². The molecule has 0 unspecified atom stereocenters. The monoisotopic (exact) mass is 348 g/mol. The van der Waals surface area contributed by atoms with Gasteiger partial charge in [-0.05, 0) is 23.8 Å². The van der Waals surface area contributed by atoms with E-state index in [1.165, 1.54) is 13.2 Å². The van der Waals surface area contributed by atoms with Gasteiger partial charge in [-0.1, -0.05) is 24.3 Å². The lowest BCUT2D eigenvalue weighted by molar-refractivity contribution is -0.127. The smallest absolute Gasteiger partial charge is 0.240 e. The molecular weight excluding hydrogens is 330 g/mol. The normalized spacial score (nSPS) is 11.6. The number of hydrogen-bond acceptors (Lipinski definition) is 3. The largest absolute Gasteiger partial charge is 0.496 e. The predicted molar refractivity (Wildman–Crippen MR) is 87.9 cm³/mol. The summed E-state index contributed by atoms with van der Waals surface area (Å²) >= 11 is 0. The number of methoxy groups -OCH3 is 1. The Hall–Kier alpha value is -2.96. The third-order valence-corrected chi connectivity index (χ3v) is 3.69. The maximum absolute atomic E-state index is 13.6. The summed E-state index contributed by atoms with van der Waals surface area (Å²) in [5, 5.41) is 2.42. The lowest BCUT2D eigenvalue weighted by Gasteiger charge is -2.17. The van der Waals surface area contributed by atoms with Gasteiger partial charge in [-0.3, -0.25) is 9.59 Å². The van der Waals surface area contributed by atoms with E-state index in [4.69, 9.17) is 10.5 Å². The Morgan fingerprint density at radius 1 is 1.12 bits per heavy atom. The second-order valence-electron chi connectivity index (χ2n) is 5.42. The van der Waals surface area contributed by atoms with Crippen molar-refractivity contribution >= 4 is 11.8 Å². The second-order valence-corrected chi connectivity index (χ2v) is 5.42. The first-order valence-electron chi connectivity index (χ1n) is 7.55. The standard InChI is InChI=1S/C18H18F2N2O3/c1-25-16-8-3-2-5-11(16)9-15(18(21)24)22-17(23)10-12-13(19)6-4-7-14(12)20/h2-8,15H,9-10H2,1H3,(H2,21,24)(H,22,23)/t15-/m1/s1.